The van der Waals surface area contributed by atoms with Gasteiger partial charge in [0, 0.05) is 39.3 Å². The predicted molar refractivity (Wildman–Crippen MR) is 228 cm³/mol. The molecule has 0 aliphatic rings. The molecule has 60 heavy (non-hydrogen) atoms. The molecule has 0 saturated heterocycles. The third kappa shape index (κ3) is 10.1. The quantitative estimate of drug-likeness (QED) is 0.121. The van der Waals surface area contributed by atoms with E-state index in [1.165, 1.54) is 24.3 Å². The molecule has 4 heterocycles. The van der Waals surface area contributed by atoms with E-state index in [0.717, 1.165) is 68.2 Å². The second-order valence-corrected chi connectivity index (χ2v) is 14.0. The van der Waals surface area contributed by atoms with Crippen LogP contribution in [0.25, 0.3) is 35.7 Å². The van der Waals surface area contributed by atoms with E-state index in [-0.39, 0.29) is 11.6 Å². The molecular weight excluding hydrogens is 763 g/mol. The highest BCUT2D eigenvalue weighted by Gasteiger charge is 2.11. The molecule has 0 atom stereocenters. The molecule has 0 amide bonds. The van der Waals surface area contributed by atoms with Crippen LogP contribution in [0.15, 0.2) is 110 Å². The van der Waals surface area contributed by atoms with Crippen LogP contribution < -0.4 is 9.47 Å². The minimum atomic E-state index is -0.249. The van der Waals surface area contributed by atoms with Crippen molar-refractivity contribution >= 4 is 24.3 Å². The minimum absolute atomic E-state index is 0.245. The number of imidazole rings is 2. The van der Waals surface area contributed by atoms with Gasteiger partial charge in [-0.2, -0.15) is 10.2 Å². The smallest absolute Gasteiger partial charge is 0.174 e. The van der Waals surface area contributed by atoms with Gasteiger partial charge in [-0.1, -0.05) is 48.6 Å². The first-order valence-corrected chi connectivity index (χ1v) is 19.1. The number of aryl methyl sites for hydroxylation is 4. The van der Waals surface area contributed by atoms with Crippen LogP contribution in [-0.2, 0) is 26.9 Å². The molecule has 4 aromatic carbocycles. The Balaban J connectivity index is 0.000000181. The van der Waals surface area contributed by atoms with Crippen molar-refractivity contribution < 1.29 is 18.3 Å². The number of methoxy groups -OCH3 is 2. The van der Waals surface area contributed by atoms with E-state index in [9.17, 15) is 8.78 Å². The number of nitrogens with zero attached hydrogens (tertiary/aromatic N) is 10. The molecule has 0 saturated carbocycles. The lowest BCUT2D eigenvalue weighted by Gasteiger charge is -2.09. The Kier molecular flexibility index (Phi) is 12.5. The number of benzene rings is 4. The highest BCUT2D eigenvalue weighted by atomic mass is 19.1. The van der Waals surface area contributed by atoms with Gasteiger partial charge < -0.3 is 18.6 Å². The molecule has 0 N–H and O–H groups in total. The normalized spacial score (nSPS) is 11.3. The average molecular weight is 807 g/mol. The molecule has 8 rings (SSSR count). The molecule has 0 fully saturated rings. The Morgan fingerprint density at radius 1 is 0.583 bits per heavy atom. The average Bonchev–Trinajstić information content (AvgIpc) is 4.05. The zero-order valence-electron chi connectivity index (χ0n) is 34.2. The van der Waals surface area contributed by atoms with Crippen LogP contribution in [0.1, 0.15) is 56.9 Å². The predicted octanol–water partition coefficient (Wildman–Crippen LogP) is 8.44. The van der Waals surface area contributed by atoms with Crippen LogP contribution in [0.2, 0.25) is 0 Å². The maximum Gasteiger partial charge on any atom is 0.174 e. The van der Waals surface area contributed by atoms with Crippen molar-refractivity contribution in [1.82, 2.24) is 48.6 Å². The molecule has 0 aliphatic heterocycles. The second kappa shape index (κ2) is 18.4. The molecule has 0 unspecified atom stereocenters. The summed E-state index contributed by atoms with van der Waals surface area (Å²) in [6, 6.07) is 24.7. The van der Waals surface area contributed by atoms with Crippen LogP contribution in [0.5, 0.6) is 11.5 Å². The lowest BCUT2D eigenvalue weighted by atomic mass is 10.1. The Morgan fingerprint density at radius 3 is 1.60 bits per heavy atom. The summed E-state index contributed by atoms with van der Waals surface area (Å²) in [6.45, 7) is 3.90. The third-order valence-corrected chi connectivity index (χ3v) is 9.50. The lowest BCUT2D eigenvalue weighted by molar-refractivity contribution is 0.412. The summed E-state index contributed by atoms with van der Waals surface area (Å²) in [7, 11) is 7.01. The summed E-state index contributed by atoms with van der Waals surface area (Å²) >= 11 is 0. The van der Waals surface area contributed by atoms with E-state index in [4.69, 9.17) is 9.47 Å². The number of hydrogen-bond donors (Lipinski definition) is 0. The fourth-order valence-corrected chi connectivity index (χ4v) is 6.37. The van der Waals surface area contributed by atoms with E-state index in [2.05, 4.69) is 30.1 Å². The van der Waals surface area contributed by atoms with Gasteiger partial charge in [0.2, 0.25) is 0 Å². The van der Waals surface area contributed by atoms with Crippen LogP contribution in [0.3, 0.4) is 0 Å². The summed E-state index contributed by atoms with van der Waals surface area (Å²) in [5.74, 6) is 3.86. The lowest BCUT2D eigenvalue weighted by Crippen LogP contribution is -2.00. The van der Waals surface area contributed by atoms with Crippen molar-refractivity contribution in [3.63, 3.8) is 0 Å². The van der Waals surface area contributed by atoms with Crippen molar-refractivity contribution in [1.29, 1.82) is 0 Å². The summed E-state index contributed by atoms with van der Waals surface area (Å²) in [4.78, 5) is 17.7. The van der Waals surface area contributed by atoms with E-state index < -0.39 is 0 Å². The van der Waals surface area contributed by atoms with Gasteiger partial charge in [-0.25, -0.2) is 33.4 Å². The summed E-state index contributed by atoms with van der Waals surface area (Å²) in [6.07, 6.45) is 16.3. The molecular formula is C46H44F2N10O2. The summed E-state index contributed by atoms with van der Waals surface area (Å²) in [5, 5.41) is 8.91. The van der Waals surface area contributed by atoms with Crippen LogP contribution in [0.4, 0.5) is 8.78 Å². The number of hydrogen-bond acceptors (Lipinski definition) is 8. The molecule has 0 radical (unpaired) electrons. The van der Waals surface area contributed by atoms with Crippen molar-refractivity contribution in [3.8, 4) is 22.9 Å². The molecule has 14 heteroatoms. The van der Waals surface area contributed by atoms with E-state index in [1.54, 1.807) is 60.5 Å². The fourth-order valence-electron chi connectivity index (χ4n) is 6.37. The van der Waals surface area contributed by atoms with Crippen molar-refractivity contribution in [2.45, 2.75) is 26.7 Å². The van der Waals surface area contributed by atoms with Crippen molar-refractivity contribution in [2.24, 2.45) is 14.1 Å². The van der Waals surface area contributed by atoms with Gasteiger partial charge >= 0.3 is 0 Å². The Labute approximate surface area is 346 Å². The van der Waals surface area contributed by atoms with Crippen LogP contribution in [0, 0.1) is 25.5 Å². The Hall–Kier alpha value is -7.48. The van der Waals surface area contributed by atoms with Gasteiger partial charge in [0.05, 0.1) is 49.6 Å². The molecule has 12 nitrogen and oxygen atoms in total. The molecule has 304 valence electrons. The standard InChI is InChI=1S/2C23H22FN5O/c1-16-14-29(15-25-16)20-10-6-17(12-21(20)30-3)7-11-23-26-22(27-28(23)2)13-18-4-8-19(24)9-5-18;1-16-14-29(15-25-16)20-10-6-17(12-21(20)30-3)7-11-22-26-23(28(2)27-22)13-18-4-8-19(24)9-5-18/h2*4-12,14-15H,13H2,1-3H3/b2*11-7+. The SMILES string of the molecule is COc1cc(/C=C/c2nc(Cc3ccc(F)cc3)n(C)n2)ccc1-n1cnc(C)c1.COc1cc(/C=C/c2nc(Cc3ccc(F)cc3)nn2C)ccc1-n1cnc(C)c1. The first-order chi connectivity index (χ1) is 29.0. The molecule has 0 aliphatic carbocycles. The van der Waals surface area contributed by atoms with Gasteiger partial charge in [0.25, 0.3) is 0 Å². The first kappa shape index (κ1) is 40.7. The number of ether oxygens (including phenoxy) is 2. The van der Waals surface area contributed by atoms with Gasteiger partial charge in [0.15, 0.2) is 17.5 Å². The topological polar surface area (TPSA) is 116 Å². The summed E-state index contributed by atoms with van der Waals surface area (Å²) < 4.78 is 44.6. The minimum Gasteiger partial charge on any atom is -0.495 e. The molecule has 8 aromatic rings. The number of rotatable bonds is 12. The van der Waals surface area contributed by atoms with Gasteiger partial charge in [-0.05, 0) is 96.8 Å². The first-order valence-electron chi connectivity index (χ1n) is 19.1. The van der Waals surface area contributed by atoms with E-state index in [1.807, 2.05) is 110 Å². The van der Waals surface area contributed by atoms with Gasteiger partial charge in [-0.15, -0.1) is 0 Å². The fraction of sp³-hybridized carbons (Fsp3) is 0.174. The summed E-state index contributed by atoms with van der Waals surface area (Å²) in [5.41, 5.74) is 7.64. The highest BCUT2D eigenvalue weighted by molar-refractivity contribution is 5.70. The molecule has 0 bridgehead atoms. The maximum absolute atomic E-state index is 13.1. The molecule has 0 spiro atoms. The largest absolute Gasteiger partial charge is 0.495 e. The number of aromatic nitrogens is 10. The zero-order valence-corrected chi connectivity index (χ0v) is 34.2. The van der Waals surface area contributed by atoms with Crippen LogP contribution in [-0.4, -0.2) is 62.9 Å². The van der Waals surface area contributed by atoms with Gasteiger partial charge in [-0.3, -0.25) is 4.68 Å². The van der Waals surface area contributed by atoms with Gasteiger partial charge in [0.1, 0.15) is 29.0 Å². The van der Waals surface area contributed by atoms with Crippen molar-refractivity contribution in [3.05, 3.63) is 179 Å². The monoisotopic (exact) mass is 806 g/mol. The van der Waals surface area contributed by atoms with E-state index >= 15 is 0 Å². The third-order valence-electron chi connectivity index (χ3n) is 9.50. The van der Waals surface area contributed by atoms with Crippen LogP contribution >= 0.6 is 0 Å². The highest BCUT2D eigenvalue weighted by Crippen LogP contribution is 2.27. The number of halogens is 2. The Morgan fingerprint density at radius 2 is 1.10 bits per heavy atom. The van der Waals surface area contributed by atoms with E-state index in [0.29, 0.717) is 24.5 Å². The maximum atomic E-state index is 13.1. The second-order valence-electron chi connectivity index (χ2n) is 14.0. The Bertz CT molecular complexity index is 2760. The zero-order chi connectivity index (χ0) is 42.2. The molecule has 4 aromatic heterocycles. The van der Waals surface area contributed by atoms with Crippen molar-refractivity contribution in [2.75, 3.05) is 14.2 Å².